The molecule has 0 bridgehead atoms. The zero-order valence-corrected chi connectivity index (χ0v) is 14.9. The molecule has 0 aromatic heterocycles. The molecule has 2 rings (SSSR count). The van der Waals surface area contributed by atoms with Gasteiger partial charge >= 0.3 is 0 Å². The first-order chi connectivity index (χ1) is 11.7. The second kappa shape index (κ2) is 10.3. The van der Waals surface area contributed by atoms with Crippen molar-refractivity contribution in [3.05, 3.63) is 35.6 Å². The molecule has 0 amide bonds. The summed E-state index contributed by atoms with van der Waals surface area (Å²) >= 11 is 0. The van der Waals surface area contributed by atoms with Crippen LogP contribution in [0.3, 0.4) is 0 Å². The van der Waals surface area contributed by atoms with Crippen molar-refractivity contribution < 1.29 is 4.39 Å². The predicted octanol–water partition coefficient (Wildman–Crippen LogP) is 1.52. The molecular weight excluding hydrogens is 305 g/mol. The van der Waals surface area contributed by atoms with Crippen LogP contribution in [-0.2, 0) is 6.54 Å². The predicted molar refractivity (Wildman–Crippen MR) is 97.8 cm³/mol. The molecular formula is C18H30FN5. The molecule has 1 aromatic carbocycles. The fraction of sp³-hybridized carbons (Fsp3) is 0.611. The minimum atomic E-state index is -0.212. The van der Waals surface area contributed by atoms with Crippen LogP contribution in [0, 0.1) is 5.82 Å². The Bertz CT molecular complexity index is 503. The number of nitrogens with one attached hydrogen (secondary N) is 2. The topological polar surface area (TPSA) is 42.9 Å². The van der Waals surface area contributed by atoms with Crippen molar-refractivity contribution in [2.45, 2.75) is 19.9 Å². The summed E-state index contributed by atoms with van der Waals surface area (Å²) in [6.45, 7) is 9.93. The van der Waals surface area contributed by atoms with E-state index in [9.17, 15) is 4.39 Å². The molecule has 0 saturated carbocycles. The third kappa shape index (κ3) is 6.84. The van der Waals surface area contributed by atoms with Crippen LogP contribution < -0.4 is 10.6 Å². The summed E-state index contributed by atoms with van der Waals surface area (Å²) in [5.74, 6) is 0.602. The van der Waals surface area contributed by atoms with Crippen molar-refractivity contribution in [3.63, 3.8) is 0 Å². The van der Waals surface area contributed by atoms with Crippen molar-refractivity contribution in [3.8, 4) is 0 Å². The Morgan fingerprint density at radius 1 is 1.12 bits per heavy atom. The minimum absolute atomic E-state index is 0.212. The van der Waals surface area contributed by atoms with E-state index in [1.807, 2.05) is 0 Å². The van der Waals surface area contributed by atoms with Crippen LogP contribution in [0.4, 0.5) is 4.39 Å². The molecule has 1 aliphatic heterocycles. The lowest BCUT2D eigenvalue weighted by Gasteiger charge is -2.21. The number of aliphatic imine (C=N–C) groups is 1. The van der Waals surface area contributed by atoms with Crippen LogP contribution in [0.5, 0.6) is 0 Å². The van der Waals surface area contributed by atoms with Crippen molar-refractivity contribution in [2.24, 2.45) is 4.99 Å². The summed E-state index contributed by atoms with van der Waals surface area (Å²) in [5, 5.41) is 6.65. The molecule has 1 aromatic rings. The first kappa shape index (κ1) is 18.7. The van der Waals surface area contributed by atoms with E-state index >= 15 is 0 Å². The van der Waals surface area contributed by atoms with Gasteiger partial charge < -0.3 is 20.4 Å². The van der Waals surface area contributed by atoms with E-state index in [-0.39, 0.29) is 5.82 Å². The molecule has 5 nitrogen and oxygen atoms in total. The number of halogens is 1. The zero-order chi connectivity index (χ0) is 17.2. The second-order valence-electron chi connectivity index (χ2n) is 6.25. The van der Waals surface area contributed by atoms with Gasteiger partial charge in [0.1, 0.15) is 5.82 Å². The lowest BCUT2D eigenvalue weighted by atomic mass is 10.2. The highest BCUT2D eigenvalue weighted by Gasteiger charge is 2.11. The van der Waals surface area contributed by atoms with Crippen LogP contribution in [0.15, 0.2) is 29.3 Å². The molecule has 1 aliphatic rings. The van der Waals surface area contributed by atoms with E-state index in [1.165, 1.54) is 25.1 Å². The van der Waals surface area contributed by atoms with E-state index < -0.39 is 0 Å². The first-order valence-electron chi connectivity index (χ1n) is 8.85. The average Bonchev–Trinajstić information content (AvgIpc) is 2.78. The molecule has 1 fully saturated rings. The Morgan fingerprint density at radius 3 is 2.67 bits per heavy atom. The molecule has 2 N–H and O–H groups in total. The SMILES string of the molecule is CCNC(=NCc1ccc(F)cc1)NCCN1CCCN(C)CC1. The van der Waals surface area contributed by atoms with Crippen LogP contribution in [-0.4, -0.2) is 68.6 Å². The van der Waals surface area contributed by atoms with E-state index in [4.69, 9.17) is 0 Å². The van der Waals surface area contributed by atoms with Gasteiger partial charge in [0.05, 0.1) is 6.54 Å². The fourth-order valence-corrected chi connectivity index (χ4v) is 2.76. The molecule has 1 saturated heterocycles. The molecule has 24 heavy (non-hydrogen) atoms. The van der Waals surface area contributed by atoms with Crippen molar-refractivity contribution >= 4 is 5.96 Å². The summed E-state index contributed by atoms with van der Waals surface area (Å²) in [6, 6.07) is 6.50. The van der Waals surface area contributed by atoms with Gasteiger partial charge in [0.2, 0.25) is 0 Å². The molecule has 6 heteroatoms. The summed E-state index contributed by atoms with van der Waals surface area (Å²) < 4.78 is 12.9. The van der Waals surface area contributed by atoms with Crippen LogP contribution in [0.25, 0.3) is 0 Å². The maximum Gasteiger partial charge on any atom is 0.191 e. The molecule has 1 heterocycles. The normalized spacial score (nSPS) is 17.5. The third-order valence-electron chi connectivity index (χ3n) is 4.21. The van der Waals surface area contributed by atoms with Gasteiger partial charge in [0, 0.05) is 32.7 Å². The van der Waals surface area contributed by atoms with E-state index in [2.05, 4.69) is 39.4 Å². The average molecular weight is 335 g/mol. The second-order valence-corrected chi connectivity index (χ2v) is 6.25. The van der Waals surface area contributed by atoms with E-state index in [0.29, 0.717) is 6.54 Å². The van der Waals surface area contributed by atoms with Gasteiger partial charge in [-0.1, -0.05) is 12.1 Å². The lowest BCUT2D eigenvalue weighted by Crippen LogP contribution is -2.42. The highest BCUT2D eigenvalue weighted by Crippen LogP contribution is 2.04. The molecule has 0 atom stereocenters. The van der Waals surface area contributed by atoms with Gasteiger partial charge in [-0.05, 0) is 51.2 Å². The maximum atomic E-state index is 12.9. The van der Waals surface area contributed by atoms with Crippen molar-refractivity contribution in [1.29, 1.82) is 0 Å². The largest absolute Gasteiger partial charge is 0.357 e. The van der Waals surface area contributed by atoms with Crippen LogP contribution in [0.2, 0.25) is 0 Å². The number of nitrogens with zero attached hydrogens (tertiary/aromatic N) is 3. The number of likely N-dealkylation sites (N-methyl/N-ethyl adjacent to an activating group) is 1. The first-order valence-corrected chi connectivity index (χ1v) is 8.85. The summed E-state index contributed by atoms with van der Waals surface area (Å²) in [6.07, 6.45) is 1.23. The van der Waals surface area contributed by atoms with E-state index in [1.54, 1.807) is 12.1 Å². The third-order valence-corrected chi connectivity index (χ3v) is 4.21. The monoisotopic (exact) mass is 335 g/mol. The molecule has 0 aliphatic carbocycles. The van der Waals surface area contributed by atoms with Gasteiger partial charge in [-0.15, -0.1) is 0 Å². The summed E-state index contributed by atoms with van der Waals surface area (Å²) in [7, 11) is 2.19. The Kier molecular flexibility index (Phi) is 7.98. The van der Waals surface area contributed by atoms with Crippen LogP contribution in [0.1, 0.15) is 18.9 Å². The molecule has 0 radical (unpaired) electrons. The summed E-state index contributed by atoms with van der Waals surface area (Å²) in [4.78, 5) is 9.46. The Balaban J connectivity index is 1.77. The number of hydrogen-bond donors (Lipinski definition) is 2. The lowest BCUT2D eigenvalue weighted by molar-refractivity contribution is 0.280. The minimum Gasteiger partial charge on any atom is -0.357 e. The number of hydrogen-bond acceptors (Lipinski definition) is 3. The van der Waals surface area contributed by atoms with Crippen molar-refractivity contribution in [1.82, 2.24) is 20.4 Å². The standard InChI is InChI=1S/C18H30FN5/c1-3-20-18(22-15-16-5-7-17(19)8-6-16)21-9-12-24-11-4-10-23(2)13-14-24/h5-8H,3-4,9-15H2,1-2H3,(H2,20,21,22). The number of guanidine groups is 1. The fourth-order valence-electron chi connectivity index (χ4n) is 2.76. The van der Waals surface area contributed by atoms with Gasteiger partial charge in [0.25, 0.3) is 0 Å². The highest BCUT2D eigenvalue weighted by molar-refractivity contribution is 5.79. The number of rotatable bonds is 6. The van der Waals surface area contributed by atoms with Gasteiger partial charge in [-0.2, -0.15) is 0 Å². The van der Waals surface area contributed by atoms with Crippen molar-refractivity contribution in [2.75, 3.05) is 52.9 Å². The van der Waals surface area contributed by atoms with Crippen LogP contribution >= 0.6 is 0 Å². The van der Waals surface area contributed by atoms with E-state index in [0.717, 1.165) is 50.8 Å². The van der Waals surface area contributed by atoms with Gasteiger partial charge in [-0.3, -0.25) is 0 Å². The Morgan fingerprint density at radius 2 is 1.92 bits per heavy atom. The smallest absolute Gasteiger partial charge is 0.191 e. The Hall–Kier alpha value is -1.66. The quantitative estimate of drug-likeness (QED) is 0.611. The maximum absolute atomic E-state index is 12.9. The van der Waals surface area contributed by atoms with Gasteiger partial charge in [-0.25, -0.2) is 9.38 Å². The number of benzene rings is 1. The zero-order valence-electron chi connectivity index (χ0n) is 14.9. The molecule has 0 spiro atoms. The summed E-state index contributed by atoms with van der Waals surface area (Å²) in [5.41, 5.74) is 1.00. The highest BCUT2D eigenvalue weighted by atomic mass is 19.1. The Labute approximate surface area is 144 Å². The van der Waals surface area contributed by atoms with Gasteiger partial charge in [0.15, 0.2) is 5.96 Å². The molecule has 134 valence electrons. The molecule has 0 unspecified atom stereocenters.